The van der Waals surface area contributed by atoms with Crippen LogP contribution in [0.4, 0.5) is 5.69 Å². The molecule has 0 aliphatic heterocycles. The third-order valence-electron chi connectivity index (χ3n) is 5.30. The normalized spacial score (nSPS) is 10.8. The smallest absolute Gasteiger partial charge is 0.258 e. The second-order valence-electron chi connectivity index (χ2n) is 7.76. The van der Waals surface area contributed by atoms with E-state index in [0.717, 1.165) is 5.56 Å². The Hall–Kier alpha value is -4.36. The maximum atomic E-state index is 13.3. The molecule has 0 fully saturated rings. The van der Waals surface area contributed by atoms with Crippen LogP contribution in [0.25, 0.3) is 23.1 Å². The Bertz CT molecular complexity index is 1430. The van der Waals surface area contributed by atoms with Crippen LogP contribution in [0.15, 0.2) is 78.9 Å². The number of nitrogens with zero attached hydrogens (tertiary/aromatic N) is 1. The average Bonchev–Trinajstić information content (AvgIpc) is 2.87. The van der Waals surface area contributed by atoms with Crippen molar-refractivity contribution in [1.29, 1.82) is 0 Å². The minimum Gasteiger partial charge on any atom is -0.497 e. The van der Waals surface area contributed by atoms with Crippen LogP contribution in [0.1, 0.15) is 38.9 Å². The summed E-state index contributed by atoms with van der Waals surface area (Å²) in [7, 11) is 1.59. The molecule has 3 aromatic carbocycles. The van der Waals surface area contributed by atoms with Crippen molar-refractivity contribution in [2.75, 3.05) is 12.4 Å². The van der Waals surface area contributed by atoms with Crippen molar-refractivity contribution < 1.29 is 14.3 Å². The van der Waals surface area contributed by atoms with Crippen LogP contribution in [0.5, 0.6) is 5.75 Å². The van der Waals surface area contributed by atoms with Crippen LogP contribution in [-0.4, -0.2) is 28.9 Å². The number of thiocarbonyl (C=S) groups is 1. The van der Waals surface area contributed by atoms with Crippen LogP contribution in [0.2, 0.25) is 0 Å². The van der Waals surface area contributed by atoms with E-state index in [1.165, 1.54) is 6.92 Å². The lowest BCUT2D eigenvalue weighted by Crippen LogP contribution is -2.34. The molecule has 0 atom stereocenters. The lowest BCUT2D eigenvalue weighted by molar-refractivity contribution is 0.0976. The predicted molar refractivity (Wildman–Crippen MR) is 144 cm³/mol. The lowest BCUT2D eigenvalue weighted by atomic mass is 10.0. The largest absolute Gasteiger partial charge is 0.497 e. The minimum absolute atomic E-state index is 0.0944. The second-order valence-corrected chi connectivity index (χ2v) is 8.17. The number of carbonyl (C=O) groups is 2. The number of ether oxygens (including phenoxy) is 1. The summed E-state index contributed by atoms with van der Waals surface area (Å²) >= 11 is 5.35. The molecule has 4 aromatic rings. The standard InChI is InChI=1S/C28H23N3O3S/c1-18(32)20-9-15-26-24(16-20)25(17-22(29-26)10-8-19-6-4-3-5-7-19)27(33)31-28(35)30-21-11-13-23(34-2)14-12-21/h3-17H,1-2H3,(H2,30,31,33,35)/b10-8+. The number of benzene rings is 3. The van der Waals surface area contributed by atoms with Gasteiger partial charge in [0.25, 0.3) is 5.91 Å². The number of rotatable bonds is 6. The van der Waals surface area contributed by atoms with Crippen molar-refractivity contribution in [2.24, 2.45) is 0 Å². The van der Waals surface area contributed by atoms with E-state index in [0.29, 0.717) is 39.2 Å². The molecule has 7 heteroatoms. The topological polar surface area (TPSA) is 80.3 Å². The van der Waals surface area contributed by atoms with Gasteiger partial charge in [0.15, 0.2) is 10.9 Å². The van der Waals surface area contributed by atoms with Gasteiger partial charge < -0.3 is 10.1 Å². The summed E-state index contributed by atoms with van der Waals surface area (Å²) in [5.41, 5.74) is 3.79. The molecule has 174 valence electrons. The van der Waals surface area contributed by atoms with Gasteiger partial charge in [-0.15, -0.1) is 0 Å². The minimum atomic E-state index is -0.404. The molecule has 0 saturated heterocycles. The SMILES string of the molecule is COc1ccc(NC(=S)NC(=O)c2cc(/C=C/c3ccccc3)nc3ccc(C(C)=O)cc23)cc1. The van der Waals surface area contributed by atoms with Crippen molar-refractivity contribution in [3.63, 3.8) is 0 Å². The Labute approximate surface area is 208 Å². The molecule has 0 radical (unpaired) electrons. The first-order chi connectivity index (χ1) is 16.9. The first kappa shape index (κ1) is 23.8. The monoisotopic (exact) mass is 481 g/mol. The van der Waals surface area contributed by atoms with E-state index >= 15 is 0 Å². The van der Waals surface area contributed by atoms with E-state index in [9.17, 15) is 9.59 Å². The van der Waals surface area contributed by atoms with Gasteiger partial charge >= 0.3 is 0 Å². The number of aromatic nitrogens is 1. The van der Waals surface area contributed by atoms with Gasteiger partial charge in [0.2, 0.25) is 0 Å². The molecule has 1 aromatic heterocycles. The Balaban J connectivity index is 1.64. The van der Waals surface area contributed by atoms with E-state index < -0.39 is 5.91 Å². The second kappa shape index (κ2) is 10.7. The molecular weight excluding hydrogens is 458 g/mol. The number of anilines is 1. The molecule has 1 amide bonds. The Kier molecular flexibility index (Phi) is 7.28. The summed E-state index contributed by atoms with van der Waals surface area (Å²) < 4.78 is 5.16. The molecule has 2 N–H and O–H groups in total. The van der Waals surface area contributed by atoms with Crippen molar-refractivity contribution in [3.8, 4) is 5.75 Å². The van der Waals surface area contributed by atoms with Crippen LogP contribution in [0.3, 0.4) is 0 Å². The Morgan fingerprint density at radius 2 is 1.69 bits per heavy atom. The zero-order valence-corrected chi connectivity index (χ0v) is 20.1. The molecule has 6 nitrogen and oxygen atoms in total. The van der Waals surface area contributed by atoms with Crippen LogP contribution >= 0.6 is 12.2 Å². The van der Waals surface area contributed by atoms with E-state index in [1.807, 2.05) is 42.5 Å². The number of fused-ring (bicyclic) bond motifs is 1. The third-order valence-corrected chi connectivity index (χ3v) is 5.50. The maximum absolute atomic E-state index is 13.3. The summed E-state index contributed by atoms with van der Waals surface area (Å²) in [6.45, 7) is 1.49. The van der Waals surface area contributed by atoms with Gasteiger partial charge in [-0.2, -0.15) is 0 Å². The molecule has 0 bridgehead atoms. The zero-order chi connectivity index (χ0) is 24.8. The van der Waals surface area contributed by atoms with E-state index in [-0.39, 0.29) is 10.9 Å². The number of amides is 1. The summed E-state index contributed by atoms with van der Waals surface area (Å²) in [6, 6.07) is 23.8. The summed E-state index contributed by atoms with van der Waals surface area (Å²) in [5.74, 6) is 0.215. The van der Waals surface area contributed by atoms with Gasteiger partial charge in [0, 0.05) is 16.6 Å². The quantitative estimate of drug-likeness (QED) is 0.270. The number of Topliss-reactive ketones (excluding diaryl/α,β-unsaturated/α-hetero) is 1. The van der Waals surface area contributed by atoms with Crippen LogP contribution in [-0.2, 0) is 0 Å². The summed E-state index contributed by atoms with van der Waals surface area (Å²) in [4.78, 5) is 29.9. The number of pyridine rings is 1. The summed E-state index contributed by atoms with van der Waals surface area (Å²) in [6.07, 6.45) is 3.77. The van der Waals surface area contributed by atoms with Gasteiger partial charge in [-0.1, -0.05) is 36.4 Å². The maximum Gasteiger partial charge on any atom is 0.258 e. The molecule has 0 unspecified atom stereocenters. The highest BCUT2D eigenvalue weighted by Gasteiger charge is 2.15. The molecule has 0 spiro atoms. The highest BCUT2D eigenvalue weighted by atomic mass is 32.1. The van der Waals surface area contributed by atoms with Crippen molar-refractivity contribution in [1.82, 2.24) is 10.3 Å². The highest BCUT2D eigenvalue weighted by molar-refractivity contribution is 7.80. The van der Waals surface area contributed by atoms with Crippen LogP contribution < -0.4 is 15.4 Å². The van der Waals surface area contributed by atoms with Gasteiger partial charge in [0.1, 0.15) is 5.75 Å². The number of hydrogen-bond donors (Lipinski definition) is 2. The van der Waals surface area contributed by atoms with Crippen LogP contribution in [0, 0.1) is 0 Å². The van der Waals surface area contributed by atoms with Gasteiger partial charge in [-0.3, -0.25) is 14.9 Å². The fourth-order valence-electron chi connectivity index (χ4n) is 3.49. The number of carbonyl (C=O) groups excluding carboxylic acids is 2. The number of methoxy groups -OCH3 is 1. The van der Waals surface area contributed by atoms with E-state index in [2.05, 4.69) is 15.6 Å². The van der Waals surface area contributed by atoms with Gasteiger partial charge in [-0.25, -0.2) is 4.98 Å². The molecule has 4 rings (SSSR count). The fourth-order valence-corrected chi connectivity index (χ4v) is 3.70. The van der Waals surface area contributed by atoms with Crippen molar-refractivity contribution >= 4 is 57.8 Å². The van der Waals surface area contributed by atoms with E-state index in [4.69, 9.17) is 17.0 Å². The number of hydrogen-bond acceptors (Lipinski definition) is 5. The van der Waals surface area contributed by atoms with Crippen molar-refractivity contribution in [2.45, 2.75) is 6.92 Å². The number of ketones is 1. The fraction of sp³-hybridized carbons (Fsp3) is 0.0714. The first-order valence-electron chi connectivity index (χ1n) is 10.9. The lowest BCUT2D eigenvalue weighted by Gasteiger charge is -2.12. The van der Waals surface area contributed by atoms with E-state index in [1.54, 1.807) is 55.6 Å². The molecule has 35 heavy (non-hydrogen) atoms. The average molecular weight is 482 g/mol. The first-order valence-corrected chi connectivity index (χ1v) is 11.3. The highest BCUT2D eigenvalue weighted by Crippen LogP contribution is 2.22. The Morgan fingerprint density at radius 3 is 2.37 bits per heavy atom. The molecule has 0 aliphatic rings. The van der Waals surface area contributed by atoms with Gasteiger partial charge in [0.05, 0.1) is 23.9 Å². The molecule has 1 heterocycles. The number of nitrogens with one attached hydrogen (secondary N) is 2. The van der Waals surface area contributed by atoms with Crippen molar-refractivity contribution in [3.05, 3.63) is 101 Å². The summed E-state index contributed by atoms with van der Waals surface area (Å²) in [5, 5.41) is 6.44. The zero-order valence-electron chi connectivity index (χ0n) is 19.2. The Morgan fingerprint density at radius 1 is 0.943 bits per heavy atom. The molecule has 0 saturated carbocycles. The predicted octanol–water partition coefficient (Wildman–Crippen LogP) is 5.74. The molecule has 0 aliphatic carbocycles. The van der Waals surface area contributed by atoms with Gasteiger partial charge in [-0.05, 0) is 79.3 Å². The third kappa shape index (κ3) is 5.96. The molecular formula is C28H23N3O3S.